The Balaban J connectivity index is 1.78. The molecular weight excluding hydrogens is 216 g/mol. The number of nitriles is 1. The van der Waals surface area contributed by atoms with Crippen molar-refractivity contribution in [1.82, 2.24) is 4.90 Å². The summed E-state index contributed by atoms with van der Waals surface area (Å²) < 4.78 is 5.51. The maximum absolute atomic E-state index is 11.3. The molecule has 0 saturated carbocycles. The number of carbonyl (C=O) groups is 1. The topological polar surface area (TPSA) is 53.3 Å². The van der Waals surface area contributed by atoms with Crippen molar-refractivity contribution in [3.8, 4) is 11.8 Å². The van der Waals surface area contributed by atoms with E-state index < -0.39 is 0 Å². The summed E-state index contributed by atoms with van der Waals surface area (Å²) in [6.45, 7) is 1.98. The summed E-state index contributed by atoms with van der Waals surface area (Å²) in [6, 6.07) is 9.03. The summed E-state index contributed by atoms with van der Waals surface area (Å²) in [7, 11) is 0. The van der Waals surface area contributed by atoms with Gasteiger partial charge in [0.1, 0.15) is 12.4 Å². The molecule has 1 aromatic rings. The molecule has 0 atom stereocenters. The molecule has 0 bridgehead atoms. The molecule has 1 heterocycles. The molecule has 17 heavy (non-hydrogen) atoms. The van der Waals surface area contributed by atoms with E-state index in [2.05, 4.69) is 6.07 Å². The average molecular weight is 230 g/mol. The Kier molecular flexibility index (Phi) is 3.61. The van der Waals surface area contributed by atoms with Crippen LogP contribution < -0.4 is 4.74 Å². The van der Waals surface area contributed by atoms with Gasteiger partial charge in [0.2, 0.25) is 5.91 Å². The van der Waals surface area contributed by atoms with Gasteiger partial charge in [0, 0.05) is 13.0 Å². The summed E-state index contributed by atoms with van der Waals surface area (Å²) in [5.74, 6) is 0.948. The molecule has 4 heteroatoms. The van der Waals surface area contributed by atoms with Crippen LogP contribution in [0.2, 0.25) is 0 Å². The number of amides is 1. The Morgan fingerprint density at radius 1 is 1.35 bits per heavy atom. The first-order chi connectivity index (χ1) is 8.29. The van der Waals surface area contributed by atoms with Crippen LogP contribution in [-0.2, 0) is 4.79 Å². The third-order valence-electron chi connectivity index (χ3n) is 2.78. The molecule has 0 spiro atoms. The second kappa shape index (κ2) is 5.35. The van der Waals surface area contributed by atoms with Crippen molar-refractivity contribution in [1.29, 1.82) is 5.26 Å². The summed E-state index contributed by atoms with van der Waals surface area (Å²) in [5.41, 5.74) is 0.618. The Morgan fingerprint density at radius 2 is 2.12 bits per heavy atom. The molecule has 0 aliphatic carbocycles. The third-order valence-corrected chi connectivity index (χ3v) is 2.78. The summed E-state index contributed by atoms with van der Waals surface area (Å²) in [5, 5.41) is 8.64. The van der Waals surface area contributed by atoms with Gasteiger partial charge in [0.05, 0.1) is 18.2 Å². The van der Waals surface area contributed by atoms with E-state index in [1.165, 1.54) is 0 Å². The molecule has 1 amide bonds. The molecule has 1 aromatic carbocycles. The number of ether oxygens (including phenoxy) is 1. The molecule has 1 saturated heterocycles. The maximum Gasteiger partial charge on any atom is 0.222 e. The number of benzene rings is 1. The van der Waals surface area contributed by atoms with Crippen LogP contribution >= 0.6 is 0 Å². The number of rotatable bonds is 4. The zero-order valence-electron chi connectivity index (χ0n) is 9.56. The van der Waals surface area contributed by atoms with Gasteiger partial charge in [-0.2, -0.15) is 5.26 Å². The van der Waals surface area contributed by atoms with Gasteiger partial charge in [-0.25, -0.2) is 0 Å². The number of hydrogen-bond acceptors (Lipinski definition) is 3. The fourth-order valence-electron chi connectivity index (χ4n) is 1.84. The van der Waals surface area contributed by atoms with Crippen LogP contribution in [0.15, 0.2) is 24.3 Å². The molecule has 0 unspecified atom stereocenters. The fraction of sp³-hybridized carbons (Fsp3) is 0.385. The van der Waals surface area contributed by atoms with E-state index in [9.17, 15) is 4.79 Å². The highest BCUT2D eigenvalue weighted by Gasteiger charge is 2.19. The normalized spacial score (nSPS) is 14.8. The molecule has 0 radical (unpaired) electrons. The quantitative estimate of drug-likeness (QED) is 0.788. The van der Waals surface area contributed by atoms with Gasteiger partial charge in [-0.1, -0.05) is 0 Å². The zero-order chi connectivity index (χ0) is 12.1. The molecule has 0 N–H and O–H groups in total. The first-order valence-electron chi connectivity index (χ1n) is 5.70. The van der Waals surface area contributed by atoms with Crippen LogP contribution in [0.5, 0.6) is 5.75 Å². The molecule has 1 fully saturated rings. The first kappa shape index (κ1) is 11.5. The molecule has 4 nitrogen and oxygen atoms in total. The van der Waals surface area contributed by atoms with E-state index >= 15 is 0 Å². The van der Waals surface area contributed by atoms with Crippen LogP contribution in [0.25, 0.3) is 0 Å². The van der Waals surface area contributed by atoms with Crippen LogP contribution in [0, 0.1) is 11.3 Å². The minimum absolute atomic E-state index is 0.216. The predicted octanol–water partition coefficient (Wildman–Crippen LogP) is 1.56. The monoisotopic (exact) mass is 230 g/mol. The lowest BCUT2D eigenvalue weighted by Crippen LogP contribution is -2.29. The molecule has 1 aliphatic heterocycles. The van der Waals surface area contributed by atoms with Crippen molar-refractivity contribution < 1.29 is 9.53 Å². The minimum atomic E-state index is 0.216. The number of hydrogen-bond donors (Lipinski definition) is 0. The smallest absolute Gasteiger partial charge is 0.222 e. The van der Waals surface area contributed by atoms with E-state index in [0.29, 0.717) is 25.1 Å². The van der Waals surface area contributed by atoms with Crippen molar-refractivity contribution >= 4 is 5.91 Å². The second-order valence-electron chi connectivity index (χ2n) is 3.97. The van der Waals surface area contributed by atoms with E-state index in [4.69, 9.17) is 10.00 Å². The Bertz CT molecular complexity index is 434. The van der Waals surface area contributed by atoms with E-state index in [1.807, 2.05) is 4.90 Å². The molecule has 0 aromatic heterocycles. The number of nitrogens with zero attached hydrogens (tertiary/aromatic N) is 2. The highest BCUT2D eigenvalue weighted by molar-refractivity contribution is 5.78. The summed E-state index contributed by atoms with van der Waals surface area (Å²) >= 11 is 0. The number of carbonyl (C=O) groups excluding carboxylic acids is 1. The highest BCUT2D eigenvalue weighted by Crippen LogP contribution is 2.12. The zero-order valence-corrected chi connectivity index (χ0v) is 9.56. The van der Waals surface area contributed by atoms with E-state index in [0.717, 1.165) is 18.7 Å². The van der Waals surface area contributed by atoms with Gasteiger partial charge in [0.15, 0.2) is 0 Å². The molecular formula is C13H14N2O2. The van der Waals surface area contributed by atoms with Gasteiger partial charge in [-0.3, -0.25) is 4.79 Å². The van der Waals surface area contributed by atoms with Crippen LogP contribution in [-0.4, -0.2) is 30.5 Å². The Hall–Kier alpha value is -2.02. The molecule has 1 aliphatic rings. The number of likely N-dealkylation sites (tertiary alicyclic amines) is 1. The van der Waals surface area contributed by atoms with Crippen molar-refractivity contribution in [3.63, 3.8) is 0 Å². The van der Waals surface area contributed by atoms with Gasteiger partial charge in [-0.15, -0.1) is 0 Å². The third kappa shape index (κ3) is 2.97. The maximum atomic E-state index is 11.3. The van der Waals surface area contributed by atoms with Crippen LogP contribution in [0.4, 0.5) is 0 Å². The van der Waals surface area contributed by atoms with E-state index in [1.54, 1.807) is 24.3 Å². The summed E-state index contributed by atoms with van der Waals surface area (Å²) in [6.07, 6.45) is 1.62. The SMILES string of the molecule is N#Cc1ccc(OCCN2CCCC2=O)cc1. The predicted molar refractivity (Wildman–Crippen MR) is 62.5 cm³/mol. The molecule has 88 valence electrons. The first-order valence-corrected chi connectivity index (χ1v) is 5.70. The molecule has 2 rings (SSSR count). The van der Waals surface area contributed by atoms with Gasteiger partial charge >= 0.3 is 0 Å². The second-order valence-corrected chi connectivity index (χ2v) is 3.97. The lowest BCUT2D eigenvalue weighted by atomic mass is 10.2. The van der Waals surface area contributed by atoms with Gasteiger partial charge < -0.3 is 9.64 Å². The lowest BCUT2D eigenvalue weighted by molar-refractivity contribution is -0.128. The summed E-state index contributed by atoms with van der Waals surface area (Å²) in [4.78, 5) is 13.2. The van der Waals surface area contributed by atoms with Crippen molar-refractivity contribution in [2.45, 2.75) is 12.8 Å². The van der Waals surface area contributed by atoms with Crippen molar-refractivity contribution in [3.05, 3.63) is 29.8 Å². The average Bonchev–Trinajstić information content (AvgIpc) is 2.76. The highest BCUT2D eigenvalue weighted by atomic mass is 16.5. The van der Waals surface area contributed by atoms with E-state index in [-0.39, 0.29) is 5.91 Å². The van der Waals surface area contributed by atoms with Crippen LogP contribution in [0.1, 0.15) is 18.4 Å². The van der Waals surface area contributed by atoms with Gasteiger partial charge in [0.25, 0.3) is 0 Å². The Morgan fingerprint density at radius 3 is 2.71 bits per heavy atom. The Labute approximate surface area is 100 Å². The lowest BCUT2D eigenvalue weighted by Gasteiger charge is -2.15. The fourth-order valence-corrected chi connectivity index (χ4v) is 1.84. The van der Waals surface area contributed by atoms with Gasteiger partial charge in [-0.05, 0) is 30.7 Å². The van der Waals surface area contributed by atoms with Crippen molar-refractivity contribution in [2.75, 3.05) is 19.7 Å². The van der Waals surface area contributed by atoms with Crippen LogP contribution in [0.3, 0.4) is 0 Å². The minimum Gasteiger partial charge on any atom is -0.492 e. The standard InChI is InChI=1S/C13H14N2O2/c14-10-11-3-5-12(6-4-11)17-9-8-15-7-1-2-13(15)16/h3-6H,1-2,7-9H2. The van der Waals surface area contributed by atoms with Crippen molar-refractivity contribution in [2.24, 2.45) is 0 Å². The largest absolute Gasteiger partial charge is 0.492 e.